The molecule has 0 aromatic heterocycles. The van der Waals surface area contributed by atoms with Gasteiger partial charge in [-0.1, -0.05) is 24.3 Å². The first kappa shape index (κ1) is 23.9. The number of methoxy groups -OCH3 is 2. The Hall–Kier alpha value is -2.77. The number of benzene rings is 2. The third kappa shape index (κ3) is 7.14. The average Bonchev–Trinajstić information content (AvgIpc) is 3.37. The van der Waals surface area contributed by atoms with E-state index in [1.54, 1.807) is 14.2 Å². The summed E-state index contributed by atoms with van der Waals surface area (Å²) in [6.07, 6.45) is 2.52. The summed E-state index contributed by atoms with van der Waals surface area (Å²) in [6, 6.07) is 17.2. The van der Waals surface area contributed by atoms with Crippen LogP contribution in [0.15, 0.2) is 53.5 Å². The summed E-state index contributed by atoms with van der Waals surface area (Å²) in [5, 5.41) is 10.3. The van der Waals surface area contributed by atoms with Crippen LogP contribution >= 0.6 is 0 Å². The molecule has 0 saturated carbocycles. The SMILES string of the molecule is CN=C(NCc1ccc(NCCOC)cc1)NCC(c1ccc(OC)cc1)N1CCCC1. The van der Waals surface area contributed by atoms with E-state index < -0.39 is 0 Å². The zero-order valence-corrected chi connectivity index (χ0v) is 19.6. The van der Waals surface area contributed by atoms with Crippen molar-refractivity contribution in [3.8, 4) is 5.75 Å². The summed E-state index contributed by atoms with van der Waals surface area (Å²) in [5.74, 6) is 1.70. The van der Waals surface area contributed by atoms with Gasteiger partial charge in [0.25, 0.3) is 0 Å². The quantitative estimate of drug-likeness (QED) is 0.284. The van der Waals surface area contributed by atoms with E-state index in [-0.39, 0.29) is 0 Å². The Bertz CT molecular complexity index is 817. The number of nitrogens with one attached hydrogen (secondary N) is 3. The van der Waals surface area contributed by atoms with Gasteiger partial charge >= 0.3 is 0 Å². The summed E-state index contributed by atoms with van der Waals surface area (Å²) < 4.78 is 10.4. The highest BCUT2D eigenvalue weighted by Crippen LogP contribution is 2.26. The van der Waals surface area contributed by atoms with Gasteiger partial charge in [-0.25, -0.2) is 0 Å². The van der Waals surface area contributed by atoms with Crippen LogP contribution in [0.4, 0.5) is 5.69 Å². The third-order valence-electron chi connectivity index (χ3n) is 5.82. The molecule has 32 heavy (non-hydrogen) atoms. The first-order valence-corrected chi connectivity index (χ1v) is 11.4. The van der Waals surface area contributed by atoms with Crippen molar-refractivity contribution in [2.24, 2.45) is 4.99 Å². The van der Waals surface area contributed by atoms with Crippen molar-refractivity contribution in [3.05, 3.63) is 59.7 Å². The second-order valence-electron chi connectivity index (χ2n) is 7.96. The maximum Gasteiger partial charge on any atom is 0.191 e. The first-order valence-electron chi connectivity index (χ1n) is 11.4. The molecule has 0 bridgehead atoms. The summed E-state index contributed by atoms with van der Waals surface area (Å²) in [6.45, 7) is 5.28. The van der Waals surface area contributed by atoms with E-state index in [1.807, 2.05) is 19.2 Å². The average molecular weight is 440 g/mol. The number of ether oxygens (including phenoxy) is 2. The van der Waals surface area contributed by atoms with E-state index in [2.05, 4.69) is 62.2 Å². The number of nitrogens with zero attached hydrogens (tertiary/aromatic N) is 2. The predicted octanol–water partition coefficient (Wildman–Crippen LogP) is 3.26. The monoisotopic (exact) mass is 439 g/mol. The lowest BCUT2D eigenvalue weighted by molar-refractivity contribution is 0.211. The van der Waals surface area contributed by atoms with Crippen molar-refractivity contribution in [1.82, 2.24) is 15.5 Å². The minimum absolute atomic E-state index is 0.305. The summed E-state index contributed by atoms with van der Waals surface area (Å²) >= 11 is 0. The van der Waals surface area contributed by atoms with Crippen molar-refractivity contribution in [2.45, 2.75) is 25.4 Å². The van der Waals surface area contributed by atoms with E-state index >= 15 is 0 Å². The lowest BCUT2D eigenvalue weighted by Gasteiger charge is -2.29. The van der Waals surface area contributed by atoms with Crippen LogP contribution in [0.25, 0.3) is 0 Å². The van der Waals surface area contributed by atoms with Gasteiger partial charge in [0.05, 0.1) is 19.8 Å². The van der Waals surface area contributed by atoms with E-state index in [4.69, 9.17) is 9.47 Å². The zero-order chi connectivity index (χ0) is 22.6. The van der Waals surface area contributed by atoms with Crippen LogP contribution in [0.5, 0.6) is 5.75 Å². The van der Waals surface area contributed by atoms with E-state index in [0.29, 0.717) is 12.6 Å². The van der Waals surface area contributed by atoms with E-state index in [9.17, 15) is 0 Å². The normalized spacial score (nSPS) is 15.4. The molecule has 1 aliphatic heterocycles. The largest absolute Gasteiger partial charge is 0.497 e. The van der Waals surface area contributed by atoms with Crippen LogP contribution in [0.1, 0.15) is 30.0 Å². The predicted molar refractivity (Wildman–Crippen MR) is 132 cm³/mol. The molecule has 0 amide bonds. The Morgan fingerprint density at radius 3 is 2.34 bits per heavy atom. The summed E-state index contributed by atoms with van der Waals surface area (Å²) in [7, 11) is 5.23. The van der Waals surface area contributed by atoms with Gasteiger partial charge in [0.15, 0.2) is 5.96 Å². The van der Waals surface area contributed by atoms with Gasteiger partial charge in [-0.2, -0.15) is 0 Å². The lowest BCUT2D eigenvalue weighted by Crippen LogP contribution is -2.42. The molecule has 3 N–H and O–H groups in total. The fourth-order valence-electron chi connectivity index (χ4n) is 3.97. The van der Waals surface area contributed by atoms with Gasteiger partial charge in [-0.3, -0.25) is 9.89 Å². The van der Waals surface area contributed by atoms with Gasteiger partial charge in [0.1, 0.15) is 5.75 Å². The lowest BCUT2D eigenvalue weighted by atomic mass is 10.1. The molecule has 174 valence electrons. The number of rotatable bonds is 11. The maximum atomic E-state index is 5.33. The number of likely N-dealkylation sites (tertiary alicyclic amines) is 1. The van der Waals surface area contributed by atoms with Gasteiger partial charge in [-0.05, 0) is 61.3 Å². The van der Waals surface area contributed by atoms with Crippen LogP contribution in [0.3, 0.4) is 0 Å². The number of hydrogen-bond acceptors (Lipinski definition) is 5. The molecule has 0 radical (unpaired) electrons. The molecule has 2 aromatic rings. The number of guanidine groups is 1. The number of anilines is 1. The molecule has 1 heterocycles. The topological polar surface area (TPSA) is 70.2 Å². The molecule has 3 rings (SSSR count). The van der Waals surface area contributed by atoms with E-state index in [1.165, 1.54) is 24.0 Å². The molecule has 0 spiro atoms. The summed E-state index contributed by atoms with van der Waals surface area (Å²) in [4.78, 5) is 6.97. The number of aliphatic imine (C=N–C) groups is 1. The second kappa shape index (κ2) is 12.9. The highest BCUT2D eigenvalue weighted by atomic mass is 16.5. The molecule has 2 aromatic carbocycles. The van der Waals surface area contributed by atoms with Gasteiger partial charge in [0, 0.05) is 39.5 Å². The van der Waals surface area contributed by atoms with Crippen molar-refractivity contribution < 1.29 is 9.47 Å². The van der Waals surface area contributed by atoms with Crippen LogP contribution in [-0.4, -0.2) is 64.9 Å². The molecule has 1 fully saturated rings. The Balaban J connectivity index is 1.53. The first-order chi connectivity index (χ1) is 15.7. The van der Waals surface area contributed by atoms with Crippen molar-refractivity contribution in [2.75, 3.05) is 59.4 Å². The van der Waals surface area contributed by atoms with Gasteiger partial charge in [-0.15, -0.1) is 0 Å². The molecule has 7 nitrogen and oxygen atoms in total. The standard InChI is InChI=1S/C25H37N5O2/c1-26-25(28-18-20-6-10-22(11-7-20)27-14-17-31-2)29-19-24(30-15-4-5-16-30)21-8-12-23(32-3)13-9-21/h6-13,24,27H,4-5,14-19H2,1-3H3,(H2,26,28,29). The number of hydrogen-bond donors (Lipinski definition) is 3. The van der Waals surface area contributed by atoms with Gasteiger partial charge in [0.2, 0.25) is 0 Å². The highest BCUT2D eigenvalue weighted by Gasteiger charge is 2.23. The van der Waals surface area contributed by atoms with Crippen LogP contribution in [-0.2, 0) is 11.3 Å². The van der Waals surface area contributed by atoms with Crippen LogP contribution < -0.4 is 20.7 Å². The van der Waals surface area contributed by atoms with Crippen molar-refractivity contribution in [1.29, 1.82) is 0 Å². The molecule has 1 saturated heterocycles. The molecule has 1 atom stereocenters. The summed E-state index contributed by atoms with van der Waals surface area (Å²) in [5.41, 5.74) is 3.60. The zero-order valence-electron chi connectivity index (χ0n) is 19.6. The molecule has 7 heteroatoms. The van der Waals surface area contributed by atoms with Crippen LogP contribution in [0, 0.1) is 0 Å². The minimum Gasteiger partial charge on any atom is -0.497 e. The Morgan fingerprint density at radius 1 is 1.00 bits per heavy atom. The molecular weight excluding hydrogens is 402 g/mol. The highest BCUT2D eigenvalue weighted by molar-refractivity contribution is 5.79. The maximum absolute atomic E-state index is 5.33. The Labute approximate surface area is 192 Å². The fourth-order valence-corrected chi connectivity index (χ4v) is 3.97. The second-order valence-corrected chi connectivity index (χ2v) is 7.96. The molecule has 1 aliphatic rings. The van der Waals surface area contributed by atoms with E-state index in [0.717, 1.165) is 50.1 Å². The third-order valence-corrected chi connectivity index (χ3v) is 5.82. The van der Waals surface area contributed by atoms with Gasteiger partial charge < -0.3 is 25.4 Å². The molecular formula is C25H37N5O2. The Morgan fingerprint density at radius 2 is 1.72 bits per heavy atom. The van der Waals surface area contributed by atoms with Crippen LogP contribution in [0.2, 0.25) is 0 Å². The fraction of sp³-hybridized carbons (Fsp3) is 0.480. The Kier molecular flexibility index (Phi) is 9.65. The van der Waals surface area contributed by atoms with Crippen molar-refractivity contribution >= 4 is 11.6 Å². The molecule has 1 unspecified atom stereocenters. The molecule has 0 aliphatic carbocycles. The smallest absolute Gasteiger partial charge is 0.191 e. The minimum atomic E-state index is 0.305. The van der Waals surface area contributed by atoms with Crippen molar-refractivity contribution in [3.63, 3.8) is 0 Å².